The van der Waals surface area contributed by atoms with Gasteiger partial charge in [0, 0.05) is 18.9 Å². The Bertz CT molecular complexity index is 418. The van der Waals surface area contributed by atoms with Gasteiger partial charge in [-0.3, -0.25) is 10.1 Å². The maximum absolute atomic E-state index is 13.5. The standard InChI is InChI=1S/C11H12FNO4/c12-10-7-8(13(14)15)1-2-11(10)17-9-3-5-16-6-4-9/h1-2,7,9H,3-6H2. The Balaban J connectivity index is 2.08. The minimum atomic E-state index is -0.703. The Morgan fingerprint density at radius 3 is 2.71 bits per heavy atom. The van der Waals surface area contributed by atoms with Crippen molar-refractivity contribution in [3.63, 3.8) is 0 Å². The molecule has 92 valence electrons. The quantitative estimate of drug-likeness (QED) is 0.601. The fraction of sp³-hybridized carbons (Fsp3) is 0.455. The number of benzene rings is 1. The summed E-state index contributed by atoms with van der Waals surface area (Å²) in [5, 5.41) is 10.4. The van der Waals surface area contributed by atoms with Crippen molar-refractivity contribution in [1.82, 2.24) is 0 Å². The van der Waals surface area contributed by atoms with Gasteiger partial charge in [-0.1, -0.05) is 0 Å². The van der Waals surface area contributed by atoms with Gasteiger partial charge < -0.3 is 9.47 Å². The van der Waals surface area contributed by atoms with Gasteiger partial charge in [-0.2, -0.15) is 0 Å². The van der Waals surface area contributed by atoms with Crippen molar-refractivity contribution in [3.05, 3.63) is 34.1 Å². The second kappa shape index (κ2) is 5.09. The molecule has 0 saturated carbocycles. The summed E-state index contributed by atoms with van der Waals surface area (Å²) in [5.74, 6) is -0.645. The molecule has 0 aromatic heterocycles. The second-order valence-electron chi connectivity index (χ2n) is 3.80. The molecule has 17 heavy (non-hydrogen) atoms. The Morgan fingerprint density at radius 1 is 1.41 bits per heavy atom. The Labute approximate surface area is 97.3 Å². The first-order valence-corrected chi connectivity index (χ1v) is 5.35. The molecule has 1 aromatic rings. The van der Waals surface area contributed by atoms with Crippen LogP contribution in [0.15, 0.2) is 18.2 Å². The molecule has 0 aliphatic carbocycles. The smallest absolute Gasteiger partial charge is 0.272 e. The third-order valence-corrected chi connectivity index (χ3v) is 2.59. The van der Waals surface area contributed by atoms with E-state index in [0.717, 1.165) is 6.07 Å². The van der Waals surface area contributed by atoms with Crippen LogP contribution < -0.4 is 4.74 Å². The fourth-order valence-corrected chi connectivity index (χ4v) is 1.67. The molecule has 1 aliphatic heterocycles. The number of halogens is 1. The van der Waals surface area contributed by atoms with Crippen LogP contribution in [0.3, 0.4) is 0 Å². The van der Waals surface area contributed by atoms with Crippen LogP contribution in [0.25, 0.3) is 0 Å². The molecule has 0 N–H and O–H groups in total. The molecular formula is C11H12FNO4. The van der Waals surface area contributed by atoms with E-state index in [-0.39, 0.29) is 17.5 Å². The van der Waals surface area contributed by atoms with Crippen LogP contribution in [0.2, 0.25) is 0 Å². The second-order valence-corrected chi connectivity index (χ2v) is 3.80. The van der Waals surface area contributed by atoms with Crippen molar-refractivity contribution in [1.29, 1.82) is 0 Å². The van der Waals surface area contributed by atoms with Crippen LogP contribution in [0, 0.1) is 15.9 Å². The van der Waals surface area contributed by atoms with Gasteiger partial charge in [0.05, 0.1) is 24.2 Å². The van der Waals surface area contributed by atoms with Crippen molar-refractivity contribution in [3.8, 4) is 5.75 Å². The molecule has 5 nitrogen and oxygen atoms in total. The molecule has 0 radical (unpaired) electrons. The van der Waals surface area contributed by atoms with Gasteiger partial charge in [-0.15, -0.1) is 0 Å². The molecule has 1 heterocycles. The van der Waals surface area contributed by atoms with Crippen LogP contribution >= 0.6 is 0 Å². The highest BCUT2D eigenvalue weighted by atomic mass is 19.1. The van der Waals surface area contributed by atoms with E-state index in [0.29, 0.717) is 26.1 Å². The van der Waals surface area contributed by atoms with Crippen LogP contribution in [0.4, 0.5) is 10.1 Å². The first-order valence-electron chi connectivity index (χ1n) is 5.35. The average molecular weight is 241 g/mol. The summed E-state index contributed by atoms with van der Waals surface area (Å²) < 4.78 is 24.1. The SMILES string of the molecule is O=[N+]([O-])c1ccc(OC2CCOCC2)c(F)c1. The molecule has 1 fully saturated rings. The van der Waals surface area contributed by atoms with Gasteiger partial charge in [0.1, 0.15) is 6.10 Å². The molecule has 1 aromatic carbocycles. The maximum atomic E-state index is 13.5. The largest absolute Gasteiger partial charge is 0.487 e. The zero-order valence-corrected chi connectivity index (χ0v) is 9.10. The monoisotopic (exact) mass is 241 g/mol. The van der Waals surface area contributed by atoms with Crippen molar-refractivity contribution < 1.29 is 18.8 Å². The van der Waals surface area contributed by atoms with Gasteiger partial charge >= 0.3 is 0 Å². The lowest BCUT2D eigenvalue weighted by atomic mass is 10.1. The summed E-state index contributed by atoms with van der Waals surface area (Å²) >= 11 is 0. The van der Waals surface area contributed by atoms with E-state index in [9.17, 15) is 14.5 Å². The summed E-state index contributed by atoms with van der Waals surface area (Å²) in [6.45, 7) is 1.19. The normalized spacial score (nSPS) is 16.8. The van der Waals surface area contributed by atoms with Gasteiger partial charge in [-0.05, 0) is 6.07 Å². The van der Waals surface area contributed by atoms with E-state index in [1.165, 1.54) is 12.1 Å². The highest BCUT2D eigenvalue weighted by Crippen LogP contribution is 2.25. The van der Waals surface area contributed by atoms with Crippen molar-refractivity contribution in [2.24, 2.45) is 0 Å². The summed E-state index contributed by atoms with van der Waals surface area (Å²) in [6, 6.07) is 3.40. The zero-order chi connectivity index (χ0) is 12.3. The number of non-ortho nitro benzene ring substituents is 1. The minimum absolute atomic E-state index is 0.0579. The van der Waals surface area contributed by atoms with Crippen molar-refractivity contribution in [2.45, 2.75) is 18.9 Å². The summed E-state index contributed by atoms with van der Waals surface area (Å²) in [7, 11) is 0. The van der Waals surface area contributed by atoms with E-state index < -0.39 is 10.7 Å². The Hall–Kier alpha value is -1.69. The van der Waals surface area contributed by atoms with Crippen LogP contribution in [-0.4, -0.2) is 24.2 Å². The first kappa shape index (κ1) is 11.8. The molecule has 1 saturated heterocycles. The number of ether oxygens (including phenoxy) is 2. The predicted octanol–water partition coefficient (Wildman–Crippen LogP) is 2.29. The molecule has 0 spiro atoms. The van der Waals surface area contributed by atoms with Crippen LogP contribution in [-0.2, 0) is 4.74 Å². The lowest BCUT2D eigenvalue weighted by Gasteiger charge is -2.23. The molecule has 0 amide bonds. The van der Waals surface area contributed by atoms with Gasteiger partial charge in [0.2, 0.25) is 0 Å². The summed E-state index contributed by atoms with van der Waals surface area (Å²) in [5.41, 5.74) is -0.276. The van der Waals surface area contributed by atoms with Crippen molar-refractivity contribution in [2.75, 3.05) is 13.2 Å². The van der Waals surface area contributed by atoms with Crippen molar-refractivity contribution >= 4 is 5.69 Å². The Kier molecular flexibility index (Phi) is 3.53. The van der Waals surface area contributed by atoms with E-state index in [1.54, 1.807) is 0 Å². The Morgan fingerprint density at radius 2 is 2.12 bits per heavy atom. The number of rotatable bonds is 3. The van der Waals surface area contributed by atoms with Gasteiger partial charge in [-0.25, -0.2) is 4.39 Å². The minimum Gasteiger partial charge on any atom is -0.487 e. The number of nitro groups is 1. The molecule has 0 bridgehead atoms. The van der Waals surface area contributed by atoms with Gasteiger partial charge in [0.25, 0.3) is 5.69 Å². The maximum Gasteiger partial charge on any atom is 0.272 e. The van der Waals surface area contributed by atoms with E-state index >= 15 is 0 Å². The van der Waals surface area contributed by atoms with Crippen LogP contribution in [0.5, 0.6) is 5.75 Å². The van der Waals surface area contributed by atoms with E-state index in [2.05, 4.69) is 0 Å². The molecular weight excluding hydrogens is 229 g/mol. The lowest BCUT2D eigenvalue weighted by Crippen LogP contribution is -2.26. The molecule has 0 unspecified atom stereocenters. The average Bonchev–Trinajstić information content (AvgIpc) is 2.33. The zero-order valence-electron chi connectivity index (χ0n) is 9.10. The molecule has 2 rings (SSSR count). The molecule has 1 aliphatic rings. The number of hydrogen-bond donors (Lipinski definition) is 0. The highest BCUT2D eigenvalue weighted by Gasteiger charge is 2.18. The van der Waals surface area contributed by atoms with Gasteiger partial charge in [0.15, 0.2) is 11.6 Å². The highest BCUT2D eigenvalue weighted by molar-refractivity contribution is 5.37. The van der Waals surface area contributed by atoms with E-state index in [4.69, 9.17) is 9.47 Å². The topological polar surface area (TPSA) is 61.6 Å². The van der Waals surface area contributed by atoms with E-state index in [1.807, 2.05) is 0 Å². The third kappa shape index (κ3) is 2.91. The molecule has 0 atom stereocenters. The molecule has 6 heteroatoms. The third-order valence-electron chi connectivity index (χ3n) is 2.59. The number of nitro benzene ring substituents is 1. The first-order chi connectivity index (χ1) is 8.16. The lowest BCUT2D eigenvalue weighted by molar-refractivity contribution is -0.385. The summed E-state index contributed by atoms with van der Waals surface area (Å²) in [4.78, 5) is 9.80. The number of nitrogens with zero attached hydrogens (tertiary/aromatic N) is 1. The van der Waals surface area contributed by atoms with Crippen LogP contribution in [0.1, 0.15) is 12.8 Å². The number of hydrogen-bond acceptors (Lipinski definition) is 4. The fourth-order valence-electron chi connectivity index (χ4n) is 1.67. The predicted molar refractivity (Wildman–Crippen MR) is 57.5 cm³/mol. The summed E-state index contributed by atoms with van der Waals surface area (Å²) in [6.07, 6.45) is 1.33.